The maximum absolute atomic E-state index is 12.4. The van der Waals surface area contributed by atoms with E-state index in [2.05, 4.69) is 5.32 Å². The van der Waals surface area contributed by atoms with Crippen LogP contribution in [0.5, 0.6) is 0 Å². The van der Waals surface area contributed by atoms with E-state index in [-0.39, 0.29) is 29.4 Å². The van der Waals surface area contributed by atoms with Crippen LogP contribution in [0.15, 0.2) is 0 Å². The van der Waals surface area contributed by atoms with Crippen LogP contribution in [0.4, 0.5) is 4.79 Å². The van der Waals surface area contributed by atoms with Gasteiger partial charge in [0.05, 0.1) is 0 Å². The van der Waals surface area contributed by atoms with Crippen molar-refractivity contribution in [1.29, 1.82) is 0 Å². The third kappa shape index (κ3) is 3.49. The fraction of sp³-hybridized carbons (Fsp3) is 0.824. The summed E-state index contributed by atoms with van der Waals surface area (Å²) in [5.74, 6) is 0.00954. The lowest BCUT2D eigenvalue weighted by Crippen LogP contribution is -2.64. The molecule has 0 aromatic carbocycles. The van der Waals surface area contributed by atoms with Gasteiger partial charge in [-0.25, -0.2) is 4.79 Å². The van der Waals surface area contributed by atoms with Gasteiger partial charge in [0, 0.05) is 38.0 Å². The highest BCUT2D eigenvalue weighted by Gasteiger charge is 2.49. The van der Waals surface area contributed by atoms with Gasteiger partial charge >= 0.3 is 6.09 Å². The van der Waals surface area contributed by atoms with Gasteiger partial charge in [0.1, 0.15) is 11.6 Å². The topological polar surface area (TPSA) is 79.0 Å². The van der Waals surface area contributed by atoms with Crippen LogP contribution in [0.1, 0.15) is 46.5 Å². The second-order valence-electron chi connectivity index (χ2n) is 8.32. The number of nitrogens with zero attached hydrogens (tertiary/aromatic N) is 2. The number of nitrogens with one attached hydrogen (secondary N) is 1. The predicted molar refractivity (Wildman–Crippen MR) is 87.2 cm³/mol. The van der Waals surface area contributed by atoms with E-state index in [1.165, 1.54) is 0 Å². The molecular formula is C17H27N3O4. The molecule has 7 nitrogen and oxygen atoms in total. The normalized spacial score (nSPS) is 26.1. The van der Waals surface area contributed by atoms with Crippen LogP contribution >= 0.6 is 0 Å². The molecule has 3 saturated heterocycles. The van der Waals surface area contributed by atoms with Gasteiger partial charge in [-0.05, 0) is 40.0 Å². The molecule has 3 aliphatic rings. The third-order valence-corrected chi connectivity index (χ3v) is 5.13. The van der Waals surface area contributed by atoms with Gasteiger partial charge in [-0.3, -0.25) is 9.59 Å². The second kappa shape index (κ2) is 5.93. The molecule has 0 bridgehead atoms. The van der Waals surface area contributed by atoms with Crippen LogP contribution in [0.2, 0.25) is 0 Å². The van der Waals surface area contributed by atoms with Gasteiger partial charge in [-0.2, -0.15) is 0 Å². The Morgan fingerprint density at radius 1 is 1.17 bits per heavy atom. The third-order valence-electron chi connectivity index (χ3n) is 5.13. The molecule has 0 radical (unpaired) electrons. The van der Waals surface area contributed by atoms with Crippen LogP contribution in [-0.4, -0.2) is 65.5 Å². The minimum atomic E-state index is -0.475. The average molecular weight is 337 g/mol. The maximum atomic E-state index is 12.4. The highest BCUT2D eigenvalue weighted by molar-refractivity contribution is 5.91. The number of carbonyl (C=O) groups is 3. The van der Waals surface area contributed by atoms with E-state index in [9.17, 15) is 14.4 Å². The van der Waals surface area contributed by atoms with Crippen LogP contribution in [0, 0.1) is 5.41 Å². The van der Waals surface area contributed by atoms with Crippen molar-refractivity contribution >= 4 is 17.9 Å². The fourth-order valence-electron chi connectivity index (χ4n) is 3.75. The number of likely N-dealkylation sites (tertiary alicyclic amines) is 2. The SMILES string of the molecule is CC(C)(C)OC(=O)N1CCC2(CC1)CN(C(=O)[C@H]1CCC(=O)N1)C2. The summed E-state index contributed by atoms with van der Waals surface area (Å²) in [4.78, 5) is 39.3. The Bertz CT molecular complexity index is 539. The van der Waals surface area contributed by atoms with Gasteiger partial charge in [0.2, 0.25) is 11.8 Å². The molecule has 1 spiro atoms. The summed E-state index contributed by atoms with van der Waals surface area (Å²) in [5, 5.41) is 2.74. The Hall–Kier alpha value is -1.79. The van der Waals surface area contributed by atoms with E-state index < -0.39 is 5.60 Å². The minimum absolute atomic E-state index is 0.0331. The van der Waals surface area contributed by atoms with Gasteiger partial charge < -0.3 is 19.9 Å². The number of amides is 3. The zero-order valence-corrected chi connectivity index (χ0v) is 14.8. The Labute approximate surface area is 142 Å². The summed E-state index contributed by atoms with van der Waals surface area (Å²) in [6, 6.07) is -0.336. The first-order chi connectivity index (χ1) is 11.2. The van der Waals surface area contributed by atoms with E-state index in [1.54, 1.807) is 4.90 Å². The van der Waals surface area contributed by atoms with Crippen molar-refractivity contribution in [3.8, 4) is 0 Å². The second-order valence-corrected chi connectivity index (χ2v) is 8.32. The van der Waals surface area contributed by atoms with E-state index in [4.69, 9.17) is 4.74 Å². The summed E-state index contributed by atoms with van der Waals surface area (Å²) < 4.78 is 5.42. The van der Waals surface area contributed by atoms with Gasteiger partial charge in [-0.15, -0.1) is 0 Å². The molecule has 3 heterocycles. The Balaban J connectivity index is 1.46. The largest absolute Gasteiger partial charge is 0.444 e. The lowest BCUT2D eigenvalue weighted by atomic mass is 9.72. The van der Waals surface area contributed by atoms with Crippen molar-refractivity contribution in [2.75, 3.05) is 26.2 Å². The van der Waals surface area contributed by atoms with E-state index in [0.717, 1.165) is 25.9 Å². The Kier molecular flexibility index (Phi) is 4.21. The molecule has 0 aromatic heterocycles. The first-order valence-electron chi connectivity index (χ1n) is 8.74. The molecule has 0 aliphatic carbocycles. The molecule has 24 heavy (non-hydrogen) atoms. The highest BCUT2D eigenvalue weighted by Crippen LogP contribution is 2.41. The van der Waals surface area contributed by atoms with Gasteiger partial charge in [-0.1, -0.05) is 0 Å². The zero-order chi connectivity index (χ0) is 17.5. The molecule has 7 heteroatoms. The van der Waals surface area contributed by atoms with Crippen LogP contribution < -0.4 is 5.32 Å². The zero-order valence-electron chi connectivity index (χ0n) is 14.8. The number of hydrogen-bond donors (Lipinski definition) is 1. The number of piperidine rings is 1. The average Bonchev–Trinajstić information content (AvgIpc) is 2.89. The van der Waals surface area contributed by atoms with Crippen LogP contribution in [-0.2, 0) is 14.3 Å². The monoisotopic (exact) mass is 337 g/mol. The molecule has 3 rings (SSSR count). The van der Waals surface area contributed by atoms with Gasteiger partial charge in [0.25, 0.3) is 0 Å². The molecule has 0 saturated carbocycles. The molecule has 1 N–H and O–H groups in total. The number of carbonyl (C=O) groups excluding carboxylic acids is 3. The summed E-state index contributed by atoms with van der Waals surface area (Å²) in [6.45, 7) is 8.43. The molecule has 3 amide bonds. The lowest BCUT2D eigenvalue weighted by molar-refractivity contribution is -0.149. The van der Waals surface area contributed by atoms with E-state index in [1.807, 2.05) is 25.7 Å². The minimum Gasteiger partial charge on any atom is -0.444 e. The molecule has 0 aromatic rings. The predicted octanol–water partition coefficient (Wildman–Crippen LogP) is 1.12. The smallest absolute Gasteiger partial charge is 0.410 e. The molecule has 134 valence electrons. The Morgan fingerprint density at radius 3 is 2.29 bits per heavy atom. The summed E-state index contributed by atoms with van der Waals surface area (Å²) in [7, 11) is 0. The highest BCUT2D eigenvalue weighted by atomic mass is 16.6. The van der Waals surface area contributed by atoms with Crippen molar-refractivity contribution in [2.45, 2.75) is 58.1 Å². The first kappa shape index (κ1) is 17.0. The van der Waals surface area contributed by atoms with E-state index in [0.29, 0.717) is 25.9 Å². The van der Waals surface area contributed by atoms with Crippen molar-refractivity contribution in [3.63, 3.8) is 0 Å². The fourth-order valence-corrected chi connectivity index (χ4v) is 3.75. The van der Waals surface area contributed by atoms with Crippen molar-refractivity contribution in [1.82, 2.24) is 15.1 Å². The first-order valence-corrected chi connectivity index (χ1v) is 8.74. The number of hydrogen-bond acceptors (Lipinski definition) is 4. The van der Waals surface area contributed by atoms with Crippen molar-refractivity contribution in [3.05, 3.63) is 0 Å². The van der Waals surface area contributed by atoms with Crippen molar-refractivity contribution < 1.29 is 19.1 Å². The summed E-state index contributed by atoms with van der Waals surface area (Å²) >= 11 is 0. The number of ether oxygens (including phenoxy) is 1. The summed E-state index contributed by atoms with van der Waals surface area (Å²) in [6.07, 6.45) is 2.59. The number of rotatable bonds is 1. The van der Waals surface area contributed by atoms with E-state index >= 15 is 0 Å². The molecule has 0 unspecified atom stereocenters. The van der Waals surface area contributed by atoms with Crippen molar-refractivity contribution in [2.24, 2.45) is 5.41 Å². The van der Waals surface area contributed by atoms with Gasteiger partial charge in [0.15, 0.2) is 0 Å². The Morgan fingerprint density at radius 2 is 1.79 bits per heavy atom. The lowest BCUT2D eigenvalue weighted by Gasteiger charge is -2.54. The molecule has 1 atom stereocenters. The summed E-state index contributed by atoms with van der Waals surface area (Å²) in [5.41, 5.74) is -0.339. The maximum Gasteiger partial charge on any atom is 0.410 e. The molecular weight excluding hydrogens is 310 g/mol. The molecule has 3 fully saturated rings. The standard InChI is InChI=1S/C17H27N3O4/c1-16(2,3)24-15(23)19-8-6-17(7-9-19)10-20(11-17)14(22)12-4-5-13(21)18-12/h12H,4-11H2,1-3H3,(H,18,21)/t12-/m1/s1. The van der Waals surface area contributed by atoms with Crippen LogP contribution in [0.3, 0.4) is 0 Å². The van der Waals surface area contributed by atoms with Crippen LogP contribution in [0.25, 0.3) is 0 Å². The quantitative estimate of drug-likeness (QED) is 0.778. The molecule has 3 aliphatic heterocycles.